The predicted molar refractivity (Wildman–Crippen MR) is 101 cm³/mol. The molecule has 0 bridgehead atoms. The van der Waals surface area contributed by atoms with E-state index in [1.54, 1.807) is 13.0 Å². The highest BCUT2D eigenvalue weighted by Crippen LogP contribution is 2.37. The molecule has 0 saturated heterocycles. The van der Waals surface area contributed by atoms with Gasteiger partial charge in [0.2, 0.25) is 5.75 Å². The summed E-state index contributed by atoms with van der Waals surface area (Å²) in [5.74, 6) is -1.72. The maximum atomic E-state index is 12.3. The third-order valence-corrected chi connectivity index (χ3v) is 3.56. The quantitative estimate of drug-likeness (QED) is 0.310. The lowest BCUT2D eigenvalue weighted by molar-refractivity contribution is -0.386. The highest BCUT2D eigenvalue weighted by atomic mass is 16.6. The molecule has 11 heteroatoms. The van der Waals surface area contributed by atoms with Gasteiger partial charge in [0.15, 0.2) is 5.75 Å². The van der Waals surface area contributed by atoms with Crippen LogP contribution >= 0.6 is 0 Å². The Bertz CT molecular complexity index is 1060. The first-order valence-electron chi connectivity index (χ1n) is 8.08. The van der Waals surface area contributed by atoms with E-state index in [4.69, 9.17) is 4.74 Å². The van der Waals surface area contributed by atoms with Crippen LogP contribution in [-0.4, -0.2) is 27.5 Å². The molecular weight excluding hydrogens is 384 g/mol. The van der Waals surface area contributed by atoms with Gasteiger partial charge in [-0.25, -0.2) is 0 Å². The van der Waals surface area contributed by atoms with Crippen molar-refractivity contribution in [3.63, 3.8) is 0 Å². The second kappa shape index (κ2) is 8.96. The number of aromatic hydroxyl groups is 1. The number of non-ortho nitro benzene ring substituents is 1. The molecular formula is C18H14N4O7. The molecule has 2 aromatic carbocycles. The van der Waals surface area contributed by atoms with E-state index in [1.807, 2.05) is 0 Å². The van der Waals surface area contributed by atoms with E-state index in [-0.39, 0.29) is 29.3 Å². The molecule has 1 amide bonds. The summed E-state index contributed by atoms with van der Waals surface area (Å²) in [4.78, 5) is 32.8. The van der Waals surface area contributed by atoms with Crippen molar-refractivity contribution in [3.8, 4) is 17.6 Å². The zero-order valence-corrected chi connectivity index (χ0v) is 15.0. The van der Waals surface area contributed by atoms with Gasteiger partial charge in [0.25, 0.3) is 11.6 Å². The summed E-state index contributed by atoms with van der Waals surface area (Å²) in [6, 6.07) is 9.00. The Morgan fingerprint density at radius 2 is 2.00 bits per heavy atom. The number of nitro benzene ring substituents is 2. The summed E-state index contributed by atoms with van der Waals surface area (Å²) in [6.45, 7) is 1.73. The third kappa shape index (κ3) is 5.04. The molecule has 0 aliphatic carbocycles. The van der Waals surface area contributed by atoms with Crippen LogP contribution in [0.5, 0.6) is 11.5 Å². The van der Waals surface area contributed by atoms with Crippen LogP contribution in [-0.2, 0) is 4.79 Å². The van der Waals surface area contributed by atoms with Gasteiger partial charge in [-0.1, -0.05) is 6.07 Å². The molecule has 0 heterocycles. The summed E-state index contributed by atoms with van der Waals surface area (Å²) in [6.07, 6.45) is 1.07. The Morgan fingerprint density at radius 1 is 1.28 bits per heavy atom. The fraction of sp³-hybridized carbons (Fsp3) is 0.111. The number of carbonyl (C=O) groups excluding carboxylic acids is 1. The normalized spacial score (nSPS) is 10.7. The lowest BCUT2D eigenvalue weighted by Crippen LogP contribution is -2.13. The van der Waals surface area contributed by atoms with E-state index in [1.165, 1.54) is 24.3 Å². The summed E-state index contributed by atoms with van der Waals surface area (Å²) in [7, 11) is 0. The van der Waals surface area contributed by atoms with E-state index in [2.05, 4.69) is 5.32 Å². The molecule has 11 nitrogen and oxygen atoms in total. The highest BCUT2D eigenvalue weighted by molar-refractivity contribution is 6.09. The SMILES string of the molecule is CCOc1cc(/C=C(\C#N)C(=O)Nc2cccc([N+](=O)[O-])c2)cc([N+](=O)[O-])c1O. The van der Waals surface area contributed by atoms with Crippen molar-refractivity contribution in [1.29, 1.82) is 5.26 Å². The number of benzene rings is 2. The second-order valence-corrected chi connectivity index (χ2v) is 5.51. The fourth-order valence-electron chi connectivity index (χ4n) is 2.31. The first-order valence-corrected chi connectivity index (χ1v) is 8.08. The molecule has 148 valence electrons. The number of hydrogen-bond acceptors (Lipinski definition) is 8. The van der Waals surface area contributed by atoms with Gasteiger partial charge in [0.1, 0.15) is 11.6 Å². The molecule has 2 rings (SSSR count). The summed E-state index contributed by atoms with van der Waals surface area (Å²) >= 11 is 0. The van der Waals surface area contributed by atoms with Gasteiger partial charge >= 0.3 is 5.69 Å². The molecule has 0 saturated carbocycles. The van der Waals surface area contributed by atoms with Crippen molar-refractivity contribution >= 4 is 29.0 Å². The van der Waals surface area contributed by atoms with Crippen molar-refractivity contribution in [2.45, 2.75) is 6.92 Å². The average molecular weight is 398 g/mol. The van der Waals surface area contributed by atoms with Crippen molar-refractivity contribution < 1.29 is 24.5 Å². The zero-order chi connectivity index (χ0) is 21.6. The van der Waals surface area contributed by atoms with E-state index >= 15 is 0 Å². The second-order valence-electron chi connectivity index (χ2n) is 5.51. The number of nitrogens with one attached hydrogen (secondary N) is 1. The molecule has 0 atom stereocenters. The molecule has 0 unspecified atom stereocenters. The number of ether oxygens (including phenoxy) is 1. The smallest absolute Gasteiger partial charge is 0.315 e. The van der Waals surface area contributed by atoms with Crippen molar-refractivity contribution in [3.05, 3.63) is 67.8 Å². The molecule has 29 heavy (non-hydrogen) atoms. The predicted octanol–water partition coefficient (Wildman–Crippen LogP) is 3.15. The Morgan fingerprint density at radius 3 is 2.59 bits per heavy atom. The fourth-order valence-corrected chi connectivity index (χ4v) is 2.31. The van der Waals surface area contributed by atoms with Gasteiger partial charge in [-0.05, 0) is 30.7 Å². The lowest BCUT2D eigenvalue weighted by atomic mass is 10.1. The monoisotopic (exact) mass is 398 g/mol. The number of hydrogen-bond donors (Lipinski definition) is 2. The van der Waals surface area contributed by atoms with Crippen molar-refractivity contribution in [1.82, 2.24) is 0 Å². The lowest BCUT2D eigenvalue weighted by Gasteiger charge is -2.08. The molecule has 0 aliphatic rings. The van der Waals surface area contributed by atoms with E-state index in [9.17, 15) is 35.4 Å². The number of phenols is 1. The highest BCUT2D eigenvalue weighted by Gasteiger charge is 2.20. The Labute approximate surface area is 163 Å². The molecule has 0 spiro atoms. The first-order chi connectivity index (χ1) is 13.8. The number of anilines is 1. The number of nitriles is 1. The van der Waals surface area contributed by atoms with Gasteiger partial charge in [0, 0.05) is 23.9 Å². The van der Waals surface area contributed by atoms with Gasteiger partial charge < -0.3 is 15.2 Å². The molecule has 2 N–H and O–H groups in total. The van der Waals surface area contributed by atoms with Gasteiger partial charge in [-0.3, -0.25) is 25.0 Å². The van der Waals surface area contributed by atoms with E-state index in [0.717, 1.165) is 18.2 Å². The molecule has 0 radical (unpaired) electrons. The maximum absolute atomic E-state index is 12.3. The third-order valence-electron chi connectivity index (χ3n) is 3.56. The topological polar surface area (TPSA) is 169 Å². The summed E-state index contributed by atoms with van der Waals surface area (Å²) < 4.78 is 5.14. The number of amides is 1. The summed E-state index contributed by atoms with van der Waals surface area (Å²) in [5.41, 5.74) is -1.15. The van der Waals surface area contributed by atoms with Gasteiger partial charge in [0.05, 0.1) is 16.5 Å². The minimum absolute atomic E-state index is 0.0729. The van der Waals surface area contributed by atoms with Crippen LogP contribution in [0.15, 0.2) is 42.0 Å². The van der Waals surface area contributed by atoms with Crippen molar-refractivity contribution in [2.75, 3.05) is 11.9 Å². The molecule has 0 aliphatic heterocycles. The average Bonchev–Trinajstić information content (AvgIpc) is 2.68. The van der Waals surface area contributed by atoms with Crippen LogP contribution in [0.2, 0.25) is 0 Å². The van der Waals surface area contributed by atoms with Crippen LogP contribution in [0.4, 0.5) is 17.1 Å². The molecule has 0 fully saturated rings. The van der Waals surface area contributed by atoms with Crippen LogP contribution in [0.25, 0.3) is 6.08 Å². The van der Waals surface area contributed by atoms with Crippen LogP contribution in [0.1, 0.15) is 12.5 Å². The van der Waals surface area contributed by atoms with E-state index < -0.39 is 32.8 Å². The minimum atomic E-state index is -0.873. The zero-order valence-electron chi connectivity index (χ0n) is 15.0. The Balaban J connectivity index is 2.39. The number of carbonyl (C=O) groups is 1. The number of phenolic OH excluding ortho intramolecular Hbond substituents is 1. The summed E-state index contributed by atoms with van der Waals surface area (Å²) in [5, 5.41) is 43.5. The largest absolute Gasteiger partial charge is 0.500 e. The van der Waals surface area contributed by atoms with E-state index in [0.29, 0.717) is 0 Å². The number of nitrogens with zero attached hydrogens (tertiary/aromatic N) is 3. The standard InChI is InChI=1S/C18H14N4O7/c1-2-29-16-8-11(7-15(17(16)23)22(27)28)6-12(10-19)18(24)20-13-4-3-5-14(9-13)21(25)26/h3-9,23H,2H2,1H3,(H,20,24)/b12-6+. The maximum Gasteiger partial charge on any atom is 0.315 e. The molecule has 2 aromatic rings. The minimum Gasteiger partial charge on any atom is -0.500 e. The van der Waals surface area contributed by atoms with Crippen LogP contribution in [0, 0.1) is 31.6 Å². The Kier molecular flexibility index (Phi) is 6.44. The van der Waals surface area contributed by atoms with Crippen molar-refractivity contribution in [2.24, 2.45) is 0 Å². The first kappa shape index (κ1) is 20.8. The van der Waals surface area contributed by atoms with Crippen LogP contribution in [0.3, 0.4) is 0 Å². The number of rotatable bonds is 7. The van der Waals surface area contributed by atoms with Crippen LogP contribution < -0.4 is 10.1 Å². The van der Waals surface area contributed by atoms with Gasteiger partial charge in [-0.2, -0.15) is 5.26 Å². The number of nitro groups is 2. The molecule has 0 aromatic heterocycles. The Hall–Kier alpha value is -4.46. The van der Waals surface area contributed by atoms with Gasteiger partial charge in [-0.15, -0.1) is 0 Å².